The molecule has 1 aromatic rings. The lowest BCUT2D eigenvalue weighted by molar-refractivity contribution is -0.0825. The predicted octanol–water partition coefficient (Wildman–Crippen LogP) is 2.86. The van der Waals surface area contributed by atoms with Crippen molar-refractivity contribution in [2.24, 2.45) is 0 Å². The minimum Gasteiger partial charge on any atom is -0.389 e. The molecule has 3 fully saturated rings. The maximum absolute atomic E-state index is 11.6. The van der Waals surface area contributed by atoms with Gasteiger partial charge in [0.2, 0.25) is 10.0 Å². The van der Waals surface area contributed by atoms with Crippen LogP contribution in [0.1, 0.15) is 56.9 Å². The van der Waals surface area contributed by atoms with E-state index in [1.807, 2.05) is 18.2 Å². The number of piperidine rings is 1. The van der Waals surface area contributed by atoms with E-state index in [1.54, 1.807) is 0 Å². The summed E-state index contributed by atoms with van der Waals surface area (Å²) in [5.74, 6) is 0. The SMILES string of the molecule is CS(=O)(=O)Nc1cccc(C23CCCC(C2)N(CC2(O)CCC2)CC3)c1. The smallest absolute Gasteiger partial charge is 0.229 e. The molecule has 26 heavy (non-hydrogen) atoms. The first-order valence-corrected chi connectivity index (χ1v) is 11.7. The molecule has 2 saturated carbocycles. The molecular weight excluding hydrogens is 348 g/mol. The average Bonchev–Trinajstić information content (AvgIpc) is 2.55. The van der Waals surface area contributed by atoms with Gasteiger partial charge in [0.15, 0.2) is 0 Å². The zero-order valence-corrected chi connectivity index (χ0v) is 16.4. The number of likely N-dealkylation sites (tertiary alicyclic amines) is 1. The molecule has 0 amide bonds. The zero-order chi connectivity index (χ0) is 18.4. The molecule has 2 N–H and O–H groups in total. The summed E-state index contributed by atoms with van der Waals surface area (Å²) in [5, 5.41) is 10.6. The van der Waals surface area contributed by atoms with E-state index in [9.17, 15) is 13.5 Å². The number of hydrogen-bond donors (Lipinski definition) is 2. The van der Waals surface area contributed by atoms with Crippen molar-refractivity contribution in [3.63, 3.8) is 0 Å². The first kappa shape index (κ1) is 18.3. The monoisotopic (exact) mass is 378 g/mol. The summed E-state index contributed by atoms with van der Waals surface area (Å²) in [6.45, 7) is 1.85. The normalized spacial score (nSPS) is 31.2. The van der Waals surface area contributed by atoms with Crippen LogP contribution in [0, 0.1) is 0 Å². The van der Waals surface area contributed by atoms with Gasteiger partial charge in [0.1, 0.15) is 0 Å². The maximum Gasteiger partial charge on any atom is 0.229 e. The minimum atomic E-state index is -3.26. The molecule has 1 aliphatic heterocycles. The average molecular weight is 379 g/mol. The molecule has 1 aromatic carbocycles. The molecule has 4 rings (SSSR count). The first-order chi connectivity index (χ1) is 12.3. The number of nitrogens with one attached hydrogen (secondary N) is 1. The van der Waals surface area contributed by atoms with Crippen LogP contribution >= 0.6 is 0 Å². The lowest BCUT2D eigenvalue weighted by Crippen LogP contribution is -2.57. The largest absolute Gasteiger partial charge is 0.389 e. The zero-order valence-electron chi connectivity index (χ0n) is 15.6. The summed E-state index contributed by atoms with van der Waals surface area (Å²) in [6.07, 6.45) is 10.0. The van der Waals surface area contributed by atoms with Crippen molar-refractivity contribution in [2.45, 2.75) is 68.4 Å². The van der Waals surface area contributed by atoms with Crippen LogP contribution < -0.4 is 4.72 Å². The fraction of sp³-hybridized carbons (Fsp3) is 0.700. The second-order valence-corrected chi connectivity index (χ2v) is 10.5. The van der Waals surface area contributed by atoms with Crippen molar-refractivity contribution >= 4 is 15.7 Å². The number of aliphatic hydroxyl groups is 1. The topological polar surface area (TPSA) is 69.6 Å². The lowest BCUT2D eigenvalue weighted by Gasteiger charge is -2.53. The van der Waals surface area contributed by atoms with Gasteiger partial charge in [-0.2, -0.15) is 0 Å². The maximum atomic E-state index is 11.6. The highest BCUT2D eigenvalue weighted by molar-refractivity contribution is 7.92. The van der Waals surface area contributed by atoms with E-state index < -0.39 is 15.6 Å². The fourth-order valence-electron chi connectivity index (χ4n) is 5.27. The Morgan fingerprint density at radius 2 is 2.04 bits per heavy atom. The fourth-order valence-corrected chi connectivity index (χ4v) is 5.83. The van der Waals surface area contributed by atoms with E-state index >= 15 is 0 Å². The molecule has 0 spiro atoms. The molecule has 2 atom stereocenters. The Kier molecular flexibility index (Phi) is 4.56. The van der Waals surface area contributed by atoms with Crippen LogP contribution in [0.5, 0.6) is 0 Å². The molecular formula is C20H30N2O3S. The number of rotatable bonds is 5. The van der Waals surface area contributed by atoms with Crippen molar-refractivity contribution in [1.29, 1.82) is 0 Å². The van der Waals surface area contributed by atoms with Crippen LogP contribution in [-0.2, 0) is 15.4 Å². The van der Waals surface area contributed by atoms with Gasteiger partial charge in [0.25, 0.3) is 0 Å². The molecule has 0 aromatic heterocycles. The van der Waals surface area contributed by atoms with Crippen LogP contribution in [0.4, 0.5) is 5.69 Å². The van der Waals surface area contributed by atoms with Crippen LogP contribution in [-0.4, -0.2) is 49.4 Å². The number of nitrogens with zero attached hydrogens (tertiary/aromatic N) is 1. The van der Waals surface area contributed by atoms with Crippen LogP contribution in [0.25, 0.3) is 0 Å². The number of β-amino-alcohol motifs (C(OH)–C–C–N with tert-alkyl or cyclic N) is 1. The summed E-state index contributed by atoms with van der Waals surface area (Å²) < 4.78 is 25.8. The van der Waals surface area contributed by atoms with Crippen molar-refractivity contribution in [1.82, 2.24) is 4.90 Å². The summed E-state index contributed by atoms with van der Waals surface area (Å²) in [6, 6.07) is 8.50. The van der Waals surface area contributed by atoms with Gasteiger partial charge in [0, 0.05) is 18.3 Å². The van der Waals surface area contributed by atoms with Gasteiger partial charge >= 0.3 is 0 Å². The van der Waals surface area contributed by atoms with Gasteiger partial charge in [-0.1, -0.05) is 18.6 Å². The molecule has 1 heterocycles. The van der Waals surface area contributed by atoms with Gasteiger partial charge in [-0.3, -0.25) is 9.62 Å². The molecule has 1 saturated heterocycles. The van der Waals surface area contributed by atoms with E-state index in [2.05, 4.69) is 15.7 Å². The molecule has 3 aliphatic rings. The molecule has 6 heteroatoms. The second kappa shape index (κ2) is 6.50. The van der Waals surface area contributed by atoms with Crippen molar-refractivity contribution in [3.8, 4) is 0 Å². The third-order valence-electron chi connectivity index (χ3n) is 6.77. The van der Waals surface area contributed by atoms with E-state index in [4.69, 9.17) is 0 Å². The summed E-state index contributed by atoms with van der Waals surface area (Å²) in [5.41, 5.74) is 1.62. The first-order valence-electron chi connectivity index (χ1n) is 9.82. The Morgan fingerprint density at radius 1 is 1.23 bits per heavy atom. The Bertz CT molecular complexity index is 775. The van der Waals surface area contributed by atoms with Gasteiger partial charge in [-0.05, 0) is 74.6 Å². The Hall–Kier alpha value is -1.11. The quantitative estimate of drug-likeness (QED) is 0.827. The third kappa shape index (κ3) is 3.64. The van der Waals surface area contributed by atoms with Gasteiger partial charge in [-0.15, -0.1) is 0 Å². The van der Waals surface area contributed by atoms with Crippen molar-refractivity contribution in [3.05, 3.63) is 29.8 Å². The van der Waals surface area contributed by atoms with Gasteiger partial charge in [0.05, 0.1) is 11.9 Å². The summed E-state index contributed by atoms with van der Waals surface area (Å²) >= 11 is 0. The van der Waals surface area contributed by atoms with E-state index in [0.717, 1.165) is 45.2 Å². The van der Waals surface area contributed by atoms with Crippen molar-refractivity contribution in [2.75, 3.05) is 24.1 Å². The molecule has 0 radical (unpaired) electrons. The predicted molar refractivity (Wildman–Crippen MR) is 104 cm³/mol. The van der Waals surface area contributed by atoms with Gasteiger partial charge in [-0.25, -0.2) is 8.42 Å². The standard InChI is InChI=1S/C20H30N2O3S/c1-26(24,25)21-17-6-2-5-16(13-17)19-8-3-7-18(14-19)22(12-11-19)15-20(23)9-4-10-20/h2,5-6,13,18,21,23H,3-4,7-12,14-15H2,1H3. The second-order valence-electron chi connectivity index (χ2n) is 8.78. The van der Waals surface area contributed by atoms with E-state index in [-0.39, 0.29) is 5.41 Å². The van der Waals surface area contributed by atoms with E-state index in [0.29, 0.717) is 11.7 Å². The number of anilines is 1. The number of fused-ring (bicyclic) bond motifs is 2. The number of benzene rings is 1. The molecule has 144 valence electrons. The number of hydrogen-bond acceptors (Lipinski definition) is 4. The van der Waals surface area contributed by atoms with Gasteiger partial charge < -0.3 is 5.11 Å². The van der Waals surface area contributed by atoms with Crippen LogP contribution in [0.15, 0.2) is 24.3 Å². The Balaban J connectivity index is 1.53. The minimum absolute atomic E-state index is 0.150. The van der Waals surface area contributed by atoms with Crippen LogP contribution in [0.3, 0.4) is 0 Å². The molecule has 2 aliphatic carbocycles. The highest BCUT2D eigenvalue weighted by Gasteiger charge is 2.46. The summed E-state index contributed by atoms with van der Waals surface area (Å²) in [7, 11) is -3.26. The molecule has 2 unspecified atom stereocenters. The lowest BCUT2D eigenvalue weighted by atomic mass is 9.63. The Morgan fingerprint density at radius 3 is 2.73 bits per heavy atom. The number of sulfonamides is 1. The van der Waals surface area contributed by atoms with Crippen LogP contribution in [0.2, 0.25) is 0 Å². The molecule has 2 bridgehead atoms. The summed E-state index contributed by atoms with van der Waals surface area (Å²) in [4.78, 5) is 2.52. The Labute approximate surface area is 156 Å². The molecule has 5 nitrogen and oxygen atoms in total. The highest BCUT2D eigenvalue weighted by atomic mass is 32.2. The highest BCUT2D eigenvalue weighted by Crippen LogP contribution is 2.48. The van der Waals surface area contributed by atoms with Crippen molar-refractivity contribution < 1.29 is 13.5 Å². The van der Waals surface area contributed by atoms with E-state index in [1.165, 1.54) is 31.1 Å². The third-order valence-corrected chi connectivity index (χ3v) is 7.38.